The summed E-state index contributed by atoms with van der Waals surface area (Å²) in [4.78, 5) is 2.63. The summed E-state index contributed by atoms with van der Waals surface area (Å²) in [5, 5.41) is 0. The molecule has 2 nitrogen and oxygen atoms in total. The van der Waals surface area contributed by atoms with Crippen LogP contribution >= 0.6 is 0 Å². The zero-order chi connectivity index (χ0) is 13.7. The molecule has 1 heterocycles. The smallest absolute Gasteiger partial charge is 0.0399 e. The maximum atomic E-state index is 6.51. The summed E-state index contributed by atoms with van der Waals surface area (Å²) in [6.45, 7) is 4.77. The molecule has 0 aromatic heterocycles. The van der Waals surface area contributed by atoms with E-state index in [1.54, 1.807) is 0 Å². The van der Waals surface area contributed by atoms with Crippen molar-refractivity contribution in [3.8, 4) is 0 Å². The second-order valence-electron chi connectivity index (χ2n) is 7.42. The van der Waals surface area contributed by atoms with Crippen molar-refractivity contribution in [2.75, 3.05) is 18.0 Å². The van der Waals surface area contributed by atoms with E-state index in [4.69, 9.17) is 5.73 Å². The van der Waals surface area contributed by atoms with Gasteiger partial charge in [0.25, 0.3) is 0 Å². The monoisotopic (exact) mass is 270 g/mol. The Labute approximate surface area is 122 Å². The van der Waals surface area contributed by atoms with Gasteiger partial charge in [-0.3, -0.25) is 0 Å². The van der Waals surface area contributed by atoms with Gasteiger partial charge in [-0.15, -0.1) is 0 Å². The quantitative estimate of drug-likeness (QED) is 0.895. The van der Waals surface area contributed by atoms with Gasteiger partial charge in [0.1, 0.15) is 0 Å². The fourth-order valence-electron chi connectivity index (χ4n) is 5.06. The van der Waals surface area contributed by atoms with Gasteiger partial charge in [-0.05, 0) is 61.0 Å². The first-order valence-electron chi connectivity index (χ1n) is 8.31. The number of fused-ring (bicyclic) bond motifs is 3. The molecule has 20 heavy (non-hydrogen) atoms. The third-order valence-corrected chi connectivity index (χ3v) is 6.02. The molecule has 0 radical (unpaired) electrons. The first kappa shape index (κ1) is 12.7. The van der Waals surface area contributed by atoms with Crippen LogP contribution in [0.25, 0.3) is 0 Å². The van der Waals surface area contributed by atoms with Crippen LogP contribution in [-0.2, 0) is 6.42 Å². The highest BCUT2D eigenvalue weighted by Crippen LogP contribution is 2.48. The Hall–Kier alpha value is -1.02. The summed E-state index contributed by atoms with van der Waals surface area (Å²) in [6.07, 6.45) is 5.44. The minimum atomic E-state index is 0.457. The largest absolute Gasteiger partial charge is 0.371 e. The van der Waals surface area contributed by atoms with E-state index in [1.165, 1.54) is 50.0 Å². The van der Waals surface area contributed by atoms with Crippen molar-refractivity contribution in [3.63, 3.8) is 0 Å². The molecule has 2 fully saturated rings. The van der Waals surface area contributed by atoms with Gasteiger partial charge in [0.2, 0.25) is 0 Å². The number of rotatable bonds is 2. The molecule has 2 bridgehead atoms. The van der Waals surface area contributed by atoms with Crippen LogP contribution in [0, 0.1) is 23.7 Å². The molecule has 1 aliphatic heterocycles. The molecule has 2 heteroatoms. The molecule has 0 saturated heterocycles. The average molecular weight is 270 g/mol. The Morgan fingerprint density at radius 2 is 2.00 bits per heavy atom. The molecule has 5 unspecified atom stereocenters. The second-order valence-corrected chi connectivity index (χ2v) is 7.42. The van der Waals surface area contributed by atoms with Crippen LogP contribution in [0.3, 0.4) is 0 Å². The van der Waals surface area contributed by atoms with Gasteiger partial charge >= 0.3 is 0 Å². The van der Waals surface area contributed by atoms with Crippen LogP contribution in [0.2, 0.25) is 0 Å². The SMILES string of the molecule is CC1Cc2ccccc2N(CC2C3CCC(C3)C2N)C1. The lowest BCUT2D eigenvalue weighted by atomic mass is 9.83. The third kappa shape index (κ3) is 1.96. The summed E-state index contributed by atoms with van der Waals surface area (Å²) in [7, 11) is 0. The van der Waals surface area contributed by atoms with Crippen molar-refractivity contribution in [2.24, 2.45) is 29.4 Å². The molecule has 5 atom stereocenters. The molecule has 2 N–H and O–H groups in total. The minimum Gasteiger partial charge on any atom is -0.371 e. The number of nitrogens with zero attached hydrogens (tertiary/aromatic N) is 1. The molecular formula is C18H26N2. The molecule has 108 valence electrons. The number of nitrogens with two attached hydrogens (primary N) is 1. The predicted octanol–water partition coefficient (Wildman–Crippen LogP) is 3.06. The number of hydrogen-bond donors (Lipinski definition) is 1. The third-order valence-electron chi connectivity index (χ3n) is 6.02. The standard InChI is InChI=1S/C18H26N2/c1-12-8-14-4-2-3-5-17(14)20(10-12)11-16-13-6-7-15(9-13)18(16)19/h2-5,12-13,15-16,18H,6-11,19H2,1H3. The molecule has 2 aliphatic carbocycles. The Kier molecular flexibility index (Phi) is 3.03. The fourth-order valence-corrected chi connectivity index (χ4v) is 5.06. The lowest BCUT2D eigenvalue weighted by Gasteiger charge is -2.39. The predicted molar refractivity (Wildman–Crippen MR) is 83.8 cm³/mol. The van der Waals surface area contributed by atoms with Crippen LogP contribution in [-0.4, -0.2) is 19.1 Å². The van der Waals surface area contributed by atoms with E-state index >= 15 is 0 Å². The van der Waals surface area contributed by atoms with Gasteiger partial charge in [-0.25, -0.2) is 0 Å². The van der Waals surface area contributed by atoms with Gasteiger partial charge in [0.15, 0.2) is 0 Å². The Morgan fingerprint density at radius 3 is 2.80 bits per heavy atom. The van der Waals surface area contributed by atoms with Gasteiger partial charge in [0, 0.05) is 24.8 Å². The number of para-hydroxylation sites is 1. The van der Waals surface area contributed by atoms with Crippen molar-refractivity contribution in [1.82, 2.24) is 0 Å². The summed E-state index contributed by atoms with van der Waals surface area (Å²) in [6, 6.07) is 9.43. The Balaban J connectivity index is 1.57. The Bertz CT molecular complexity index is 496. The molecule has 2 saturated carbocycles. The van der Waals surface area contributed by atoms with Gasteiger partial charge < -0.3 is 10.6 Å². The zero-order valence-electron chi connectivity index (χ0n) is 12.5. The number of anilines is 1. The number of benzene rings is 1. The average Bonchev–Trinajstić information content (AvgIpc) is 3.02. The maximum absolute atomic E-state index is 6.51. The summed E-state index contributed by atoms with van der Waals surface area (Å²) in [5.41, 5.74) is 9.51. The molecule has 0 amide bonds. The van der Waals surface area contributed by atoms with Gasteiger partial charge in [-0.1, -0.05) is 25.1 Å². The molecule has 3 aliphatic rings. The van der Waals surface area contributed by atoms with E-state index in [1.807, 2.05) is 0 Å². The van der Waals surface area contributed by atoms with E-state index in [0.717, 1.165) is 23.7 Å². The lowest BCUT2D eigenvalue weighted by Crippen LogP contribution is -2.45. The van der Waals surface area contributed by atoms with Gasteiger partial charge in [-0.2, -0.15) is 0 Å². The molecule has 0 spiro atoms. The van der Waals surface area contributed by atoms with E-state index in [-0.39, 0.29) is 0 Å². The summed E-state index contributed by atoms with van der Waals surface area (Å²) < 4.78 is 0. The van der Waals surface area contributed by atoms with E-state index < -0.39 is 0 Å². The topological polar surface area (TPSA) is 29.3 Å². The van der Waals surface area contributed by atoms with Crippen LogP contribution in [0.5, 0.6) is 0 Å². The summed E-state index contributed by atoms with van der Waals surface area (Å²) >= 11 is 0. The van der Waals surface area contributed by atoms with Gasteiger partial charge in [0.05, 0.1) is 0 Å². The minimum absolute atomic E-state index is 0.457. The highest BCUT2D eigenvalue weighted by atomic mass is 15.1. The van der Waals surface area contributed by atoms with E-state index in [9.17, 15) is 0 Å². The normalized spacial score (nSPS) is 39.1. The van der Waals surface area contributed by atoms with Crippen molar-refractivity contribution in [3.05, 3.63) is 29.8 Å². The summed E-state index contributed by atoms with van der Waals surface area (Å²) in [5.74, 6) is 3.22. The highest BCUT2D eigenvalue weighted by Gasteiger charge is 2.46. The van der Waals surface area contributed by atoms with Crippen LogP contribution in [0.15, 0.2) is 24.3 Å². The van der Waals surface area contributed by atoms with Crippen molar-refractivity contribution in [2.45, 2.75) is 38.6 Å². The highest BCUT2D eigenvalue weighted by molar-refractivity contribution is 5.55. The lowest BCUT2D eigenvalue weighted by molar-refractivity contribution is 0.286. The van der Waals surface area contributed by atoms with Crippen molar-refractivity contribution < 1.29 is 0 Å². The Morgan fingerprint density at radius 1 is 1.20 bits per heavy atom. The molecule has 4 rings (SSSR count). The van der Waals surface area contributed by atoms with Crippen LogP contribution in [0.4, 0.5) is 5.69 Å². The second kappa shape index (κ2) is 4.77. The van der Waals surface area contributed by atoms with Crippen LogP contribution in [0.1, 0.15) is 31.7 Å². The van der Waals surface area contributed by atoms with Crippen molar-refractivity contribution in [1.29, 1.82) is 0 Å². The first-order valence-corrected chi connectivity index (χ1v) is 8.31. The maximum Gasteiger partial charge on any atom is 0.0399 e. The van der Waals surface area contributed by atoms with E-state index in [0.29, 0.717) is 6.04 Å². The number of hydrogen-bond acceptors (Lipinski definition) is 2. The fraction of sp³-hybridized carbons (Fsp3) is 0.667. The van der Waals surface area contributed by atoms with Crippen molar-refractivity contribution >= 4 is 5.69 Å². The zero-order valence-corrected chi connectivity index (χ0v) is 12.5. The molecule has 1 aromatic rings. The molecule has 1 aromatic carbocycles. The first-order chi connectivity index (χ1) is 9.72. The van der Waals surface area contributed by atoms with Crippen LogP contribution < -0.4 is 10.6 Å². The van der Waals surface area contributed by atoms with E-state index in [2.05, 4.69) is 36.1 Å². The molecular weight excluding hydrogens is 244 g/mol.